The van der Waals surface area contributed by atoms with E-state index in [1.54, 1.807) is 0 Å². The van der Waals surface area contributed by atoms with Crippen molar-refractivity contribution in [2.45, 2.75) is 26.4 Å². The first-order valence-electron chi connectivity index (χ1n) is 8.33. The molecule has 0 fully saturated rings. The van der Waals surface area contributed by atoms with Crippen LogP contribution in [0.25, 0.3) is 0 Å². The van der Waals surface area contributed by atoms with Gasteiger partial charge >= 0.3 is 0 Å². The van der Waals surface area contributed by atoms with Crippen LogP contribution in [0, 0.1) is 0 Å². The predicted octanol–water partition coefficient (Wildman–Crippen LogP) is 5.31. The Morgan fingerprint density at radius 3 is 2.81 bits per heavy atom. The molecule has 0 saturated heterocycles. The monoisotopic (exact) mass is 386 g/mol. The van der Waals surface area contributed by atoms with E-state index in [2.05, 4.69) is 10.3 Å². The number of nitrogens with one attached hydrogen (secondary N) is 1. The molecule has 4 nitrogen and oxygen atoms in total. The molecule has 2 aromatic carbocycles. The van der Waals surface area contributed by atoms with E-state index in [1.165, 1.54) is 11.3 Å². The Bertz CT molecular complexity index is 881. The van der Waals surface area contributed by atoms with E-state index in [-0.39, 0.29) is 5.91 Å². The highest BCUT2D eigenvalue weighted by Crippen LogP contribution is 2.28. The van der Waals surface area contributed by atoms with Crippen LogP contribution in [0.5, 0.6) is 5.75 Å². The fraction of sp³-hybridized carbons (Fsp3) is 0.200. The minimum atomic E-state index is -0.0449. The predicted molar refractivity (Wildman–Crippen MR) is 106 cm³/mol. The van der Waals surface area contributed by atoms with E-state index in [1.807, 2.05) is 60.8 Å². The average Bonchev–Trinajstić information content (AvgIpc) is 3.08. The third-order valence-electron chi connectivity index (χ3n) is 3.74. The van der Waals surface area contributed by atoms with Gasteiger partial charge in [-0.05, 0) is 23.8 Å². The number of thiazole rings is 1. The first-order valence-corrected chi connectivity index (χ1v) is 9.59. The van der Waals surface area contributed by atoms with Crippen molar-refractivity contribution < 1.29 is 9.53 Å². The van der Waals surface area contributed by atoms with Crippen molar-refractivity contribution >= 4 is 34.7 Å². The number of halogens is 1. The molecule has 0 spiro atoms. The van der Waals surface area contributed by atoms with E-state index in [9.17, 15) is 4.79 Å². The van der Waals surface area contributed by atoms with Gasteiger partial charge in [0.2, 0.25) is 5.91 Å². The van der Waals surface area contributed by atoms with Gasteiger partial charge in [0.05, 0.1) is 5.01 Å². The highest BCUT2D eigenvalue weighted by Gasteiger charge is 2.10. The third kappa shape index (κ3) is 5.07. The lowest BCUT2D eigenvalue weighted by Gasteiger charge is -2.11. The summed E-state index contributed by atoms with van der Waals surface area (Å²) in [5.74, 6) is 1.33. The number of ether oxygens (including phenoxy) is 1. The molecule has 0 saturated carbocycles. The number of amides is 1. The summed E-state index contributed by atoms with van der Waals surface area (Å²) in [5.41, 5.74) is 2.07. The molecule has 3 aromatic rings. The standard InChI is InChI=1S/C20H19ClN2O2S/c1-2-19(24)22-18-13-26-20(23-18)11-15-10-16(21)8-9-17(15)25-12-14-6-4-3-5-7-14/h3-10,13H,2,11-12H2,1H3,(H,22,24). The molecule has 0 atom stereocenters. The average molecular weight is 387 g/mol. The van der Waals surface area contributed by atoms with Crippen LogP contribution in [0.4, 0.5) is 5.82 Å². The quantitative estimate of drug-likeness (QED) is 0.598. The molecule has 1 aromatic heterocycles. The number of aromatic nitrogens is 1. The minimum Gasteiger partial charge on any atom is -0.489 e. The first kappa shape index (κ1) is 18.4. The Balaban J connectivity index is 1.72. The Morgan fingerprint density at radius 1 is 1.23 bits per heavy atom. The van der Waals surface area contributed by atoms with Gasteiger partial charge in [-0.2, -0.15) is 0 Å². The van der Waals surface area contributed by atoms with Crippen molar-refractivity contribution in [1.82, 2.24) is 4.98 Å². The maximum absolute atomic E-state index is 11.5. The van der Waals surface area contributed by atoms with Gasteiger partial charge in [0.1, 0.15) is 18.2 Å². The number of hydrogen-bond acceptors (Lipinski definition) is 4. The van der Waals surface area contributed by atoms with Crippen molar-refractivity contribution in [3.05, 3.63) is 75.1 Å². The molecular formula is C20H19ClN2O2S. The lowest BCUT2D eigenvalue weighted by Crippen LogP contribution is -2.09. The van der Waals surface area contributed by atoms with E-state index in [0.717, 1.165) is 21.9 Å². The van der Waals surface area contributed by atoms with Crippen LogP contribution in [0.2, 0.25) is 5.02 Å². The maximum atomic E-state index is 11.5. The molecular weight excluding hydrogens is 368 g/mol. The summed E-state index contributed by atoms with van der Waals surface area (Å²) in [6.45, 7) is 2.30. The van der Waals surface area contributed by atoms with Crippen LogP contribution in [-0.2, 0) is 17.8 Å². The van der Waals surface area contributed by atoms with Gasteiger partial charge in [0.25, 0.3) is 0 Å². The molecule has 1 N–H and O–H groups in total. The minimum absolute atomic E-state index is 0.0449. The normalized spacial score (nSPS) is 10.5. The van der Waals surface area contributed by atoms with Gasteiger partial charge in [-0.25, -0.2) is 4.98 Å². The topological polar surface area (TPSA) is 51.2 Å². The largest absolute Gasteiger partial charge is 0.489 e. The molecule has 26 heavy (non-hydrogen) atoms. The molecule has 0 unspecified atom stereocenters. The lowest BCUT2D eigenvalue weighted by atomic mass is 10.1. The van der Waals surface area contributed by atoms with Crippen LogP contribution in [0.3, 0.4) is 0 Å². The van der Waals surface area contributed by atoms with E-state index >= 15 is 0 Å². The molecule has 0 aliphatic carbocycles. The summed E-state index contributed by atoms with van der Waals surface area (Å²) in [6.07, 6.45) is 1.02. The summed E-state index contributed by atoms with van der Waals surface area (Å²) in [4.78, 5) is 16.0. The molecule has 6 heteroatoms. The second-order valence-corrected chi connectivity index (χ2v) is 7.11. The number of carbonyl (C=O) groups excluding carboxylic acids is 1. The molecule has 1 amide bonds. The number of hydrogen-bond donors (Lipinski definition) is 1. The van der Waals surface area contributed by atoms with Crippen LogP contribution >= 0.6 is 22.9 Å². The highest BCUT2D eigenvalue weighted by molar-refractivity contribution is 7.10. The van der Waals surface area contributed by atoms with Gasteiger partial charge in [0, 0.05) is 28.8 Å². The zero-order valence-corrected chi connectivity index (χ0v) is 15.9. The van der Waals surface area contributed by atoms with Crippen molar-refractivity contribution in [1.29, 1.82) is 0 Å². The molecule has 0 bridgehead atoms. The number of rotatable bonds is 7. The van der Waals surface area contributed by atoms with E-state index < -0.39 is 0 Å². The zero-order valence-electron chi connectivity index (χ0n) is 14.4. The number of anilines is 1. The Kier molecular flexibility index (Phi) is 6.26. The molecule has 0 radical (unpaired) electrons. The third-order valence-corrected chi connectivity index (χ3v) is 4.83. The van der Waals surface area contributed by atoms with Gasteiger partial charge in [0.15, 0.2) is 0 Å². The van der Waals surface area contributed by atoms with Gasteiger partial charge in [-0.3, -0.25) is 4.79 Å². The summed E-state index contributed by atoms with van der Waals surface area (Å²) in [5, 5.41) is 6.17. The second kappa shape index (κ2) is 8.83. The molecule has 3 rings (SSSR count). The first-order chi connectivity index (χ1) is 12.6. The van der Waals surface area contributed by atoms with E-state index in [0.29, 0.717) is 30.3 Å². The molecule has 0 aliphatic heterocycles. The Hall–Kier alpha value is -2.37. The number of benzene rings is 2. The van der Waals surface area contributed by atoms with Crippen molar-refractivity contribution in [2.24, 2.45) is 0 Å². The number of nitrogens with zero attached hydrogens (tertiary/aromatic N) is 1. The zero-order chi connectivity index (χ0) is 18.4. The van der Waals surface area contributed by atoms with Crippen LogP contribution in [0.15, 0.2) is 53.9 Å². The van der Waals surface area contributed by atoms with Crippen molar-refractivity contribution in [3.8, 4) is 5.75 Å². The molecule has 134 valence electrons. The Labute approximate surface area is 161 Å². The highest BCUT2D eigenvalue weighted by atomic mass is 35.5. The fourth-order valence-corrected chi connectivity index (χ4v) is 3.35. The summed E-state index contributed by atoms with van der Waals surface area (Å²) in [6, 6.07) is 15.6. The van der Waals surface area contributed by atoms with Crippen LogP contribution in [-0.4, -0.2) is 10.9 Å². The summed E-state index contributed by atoms with van der Waals surface area (Å²) in [7, 11) is 0. The van der Waals surface area contributed by atoms with Gasteiger partial charge < -0.3 is 10.1 Å². The van der Waals surface area contributed by atoms with Crippen LogP contribution < -0.4 is 10.1 Å². The summed E-state index contributed by atoms with van der Waals surface area (Å²) < 4.78 is 5.99. The lowest BCUT2D eigenvalue weighted by molar-refractivity contribution is -0.115. The second-order valence-electron chi connectivity index (χ2n) is 5.73. The summed E-state index contributed by atoms with van der Waals surface area (Å²) >= 11 is 7.66. The van der Waals surface area contributed by atoms with Crippen molar-refractivity contribution in [3.63, 3.8) is 0 Å². The van der Waals surface area contributed by atoms with Crippen molar-refractivity contribution in [2.75, 3.05) is 5.32 Å². The number of carbonyl (C=O) groups is 1. The fourth-order valence-electron chi connectivity index (χ4n) is 2.41. The van der Waals surface area contributed by atoms with Gasteiger partial charge in [-0.1, -0.05) is 48.9 Å². The molecule has 0 aliphatic rings. The Morgan fingerprint density at radius 2 is 2.04 bits per heavy atom. The maximum Gasteiger partial charge on any atom is 0.225 e. The molecule has 1 heterocycles. The van der Waals surface area contributed by atoms with Crippen LogP contribution in [0.1, 0.15) is 29.5 Å². The van der Waals surface area contributed by atoms with Gasteiger partial charge in [-0.15, -0.1) is 11.3 Å². The smallest absolute Gasteiger partial charge is 0.225 e. The SMILES string of the molecule is CCC(=O)Nc1csc(Cc2cc(Cl)ccc2OCc2ccccc2)n1. The van der Waals surface area contributed by atoms with E-state index in [4.69, 9.17) is 16.3 Å².